The first-order valence-corrected chi connectivity index (χ1v) is 7.05. The zero-order valence-corrected chi connectivity index (χ0v) is 12.2. The Morgan fingerprint density at radius 2 is 1.79 bits per heavy atom. The van der Waals surface area contributed by atoms with Crippen LogP contribution in [0, 0.1) is 0 Å². The van der Waals surface area contributed by atoms with E-state index in [-0.39, 0.29) is 18.3 Å². The van der Waals surface area contributed by atoms with E-state index in [1.54, 1.807) is 0 Å². The lowest BCUT2D eigenvalue weighted by molar-refractivity contribution is -0.136. The van der Waals surface area contributed by atoms with Crippen molar-refractivity contribution >= 4 is 0 Å². The Bertz CT molecular complexity index is 418. The van der Waals surface area contributed by atoms with Gasteiger partial charge >= 0.3 is 0 Å². The highest BCUT2D eigenvalue weighted by Gasteiger charge is 2.40. The fraction of sp³-hybridized carbons (Fsp3) is 0.625. The van der Waals surface area contributed by atoms with Crippen LogP contribution < -0.4 is 4.74 Å². The second kappa shape index (κ2) is 5.51. The summed E-state index contributed by atoms with van der Waals surface area (Å²) in [5.74, 6) is 0.779. The zero-order chi connectivity index (χ0) is 14.0. The van der Waals surface area contributed by atoms with Crippen LogP contribution in [0.25, 0.3) is 0 Å². The molecule has 1 aromatic rings. The molecule has 2 unspecified atom stereocenters. The molecule has 0 aromatic heterocycles. The summed E-state index contributed by atoms with van der Waals surface area (Å²) in [5, 5.41) is 11.0. The first-order chi connectivity index (χ1) is 8.90. The van der Waals surface area contributed by atoms with E-state index in [4.69, 9.17) is 9.47 Å². The van der Waals surface area contributed by atoms with Crippen molar-refractivity contribution in [2.24, 2.45) is 0 Å². The van der Waals surface area contributed by atoms with Gasteiger partial charge < -0.3 is 14.6 Å². The van der Waals surface area contributed by atoms with Crippen LogP contribution in [0.1, 0.15) is 46.1 Å². The third-order valence-electron chi connectivity index (χ3n) is 3.47. The molecule has 1 aliphatic heterocycles. The van der Waals surface area contributed by atoms with Crippen LogP contribution in [0.5, 0.6) is 5.75 Å². The summed E-state index contributed by atoms with van der Waals surface area (Å²) in [5.41, 5.74) is 0.0217. The number of para-hydroxylation sites is 1. The van der Waals surface area contributed by atoms with Crippen molar-refractivity contribution in [1.29, 1.82) is 0 Å². The zero-order valence-electron chi connectivity index (χ0n) is 12.2. The molecule has 19 heavy (non-hydrogen) atoms. The lowest BCUT2D eigenvalue weighted by Gasteiger charge is -2.40. The fourth-order valence-electron chi connectivity index (χ4n) is 2.95. The lowest BCUT2D eigenvalue weighted by Crippen LogP contribution is -2.41. The molecular formula is C16H24O3. The molecule has 3 heteroatoms. The first-order valence-electron chi connectivity index (χ1n) is 7.05. The molecule has 0 amide bonds. The van der Waals surface area contributed by atoms with Crippen LogP contribution in [0.3, 0.4) is 0 Å². The normalized spacial score (nSPS) is 31.5. The van der Waals surface area contributed by atoms with Gasteiger partial charge in [0.05, 0.1) is 23.9 Å². The van der Waals surface area contributed by atoms with Gasteiger partial charge in [-0.25, -0.2) is 0 Å². The minimum Gasteiger partial charge on any atom is -0.491 e. The summed E-state index contributed by atoms with van der Waals surface area (Å²) in [6.07, 6.45) is 1.42. The maximum Gasteiger partial charge on any atom is 0.125 e. The highest BCUT2D eigenvalue weighted by Crippen LogP contribution is 2.41. The third kappa shape index (κ3) is 3.28. The Morgan fingerprint density at radius 3 is 2.37 bits per heavy atom. The Labute approximate surface area is 115 Å². The minimum absolute atomic E-state index is 0.0563. The first kappa shape index (κ1) is 14.4. The van der Waals surface area contributed by atoms with E-state index in [1.807, 2.05) is 52.0 Å². The average Bonchev–Trinajstić information content (AvgIpc) is 2.26. The van der Waals surface area contributed by atoms with Crippen molar-refractivity contribution in [3.05, 3.63) is 29.8 Å². The van der Waals surface area contributed by atoms with Crippen molar-refractivity contribution in [2.75, 3.05) is 0 Å². The van der Waals surface area contributed by atoms with E-state index in [0.717, 1.165) is 11.3 Å². The SMILES string of the molecule is CC(C)Oc1ccccc1C1(O)CC(C)OC(C)C1. The number of hydrogen-bond donors (Lipinski definition) is 1. The van der Waals surface area contributed by atoms with Crippen molar-refractivity contribution in [3.8, 4) is 5.75 Å². The molecule has 3 nitrogen and oxygen atoms in total. The van der Waals surface area contributed by atoms with Crippen LogP contribution in [0.4, 0.5) is 0 Å². The largest absolute Gasteiger partial charge is 0.491 e. The van der Waals surface area contributed by atoms with E-state index in [1.165, 1.54) is 0 Å². The summed E-state index contributed by atoms with van der Waals surface area (Å²) in [4.78, 5) is 0. The monoisotopic (exact) mass is 264 g/mol. The van der Waals surface area contributed by atoms with Crippen LogP contribution in [0.2, 0.25) is 0 Å². The van der Waals surface area contributed by atoms with Gasteiger partial charge in [-0.2, -0.15) is 0 Å². The standard InChI is InChI=1S/C16H24O3/c1-11(2)18-15-8-6-5-7-14(15)16(17)9-12(3)19-13(4)10-16/h5-8,11-13,17H,9-10H2,1-4H3. The van der Waals surface area contributed by atoms with E-state index >= 15 is 0 Å². The van der Waals surface area contributed by atoms with E-state index in [2.05, 4.69) is 0 Å². The van der Waals surface area contributed by atoms with Gasteiger partial charge in [-0.3, -0.25) is 0 Å². The van der Waals surface area contributed by atoms with E-state index < -0.39 is 5.60 Å². The van der Waals surface area contributed by atoms with Crippen molar-refractivity contribution < 1.29 is 14.6 Å². The number of hydrogen-bond acceptors (Lipinski definition) is 3. The Morgan fingerprint density at radius 1 is 1.21 bits per heavy atom. The number of rotatable bonds is 3. The summed E-state index contributed by atoms with van der Waals surface area (Å²) in [6.45, 7) is 8.01. The number of ether oxygens (including phenoxy) is 2. The van der Waals surface area contributed by atoms with Crippen LogP contribution >= 0.6 is 0 Å². The topological polar surface area (TPSA) is 38.7 Å². The maximum absolute atomic E-state index is 11.0. The molecule has 2 atom stereocenters. The molecule has 1 heterocycles. The summed E-state index contributed by atoms with van der Waals surface area (Å²) >= 11 is 0. The molecule has 0 aliphatic carbocycles. The minimum atomic E-state index is -0.859. The molecule has 2 rings (SSSR count). The Balaban J connectivity index is 2.34. The van der Waals surface area contributed by atoms with Gasteiger partial charge in [0.15, 0.2) is 0 Å². The molecular weight excluding hydrogens is 240 g/mol. The highest BCUT2D eigenvalue weighted by molar-refractivity contribution is 5.38. The quantitative estimate of drug-likeness (QED) is 0.910. The van der Waals surface area contributed by atoms with Crippen LogP contribution in [0.15, 0.2) is 24.3 Å². The molecule has 0 saturated carbocycles. The van der Waals surface area contributed by atoms with Gasteiger partial charge in [-0.05, 0) is 33.8 Å². The number of benzene rings is 1. The second-order valence-corrected chi connectivity index (χ2v) is 5.86. The van der Waals surface area contributed by atoms with Crippen molar-refractivity contribution in [3.63, 3.8) is 0 Å². The Kier molecular flexibility index (Phi) is 4.16. The summed E-state index contributed by atoms with van der Waals surface area (Å²) < 4.78 is 11.6. The van der Waals surface area contributed by atoms with Gasteiger partial charge in [0.2, 0.25) is 0 Å². The predicted molar refractivity (Wildman–Crippen MR) is 75.3 cm³/mol. The van der Waals surface area contributed by atoms with Gasteiger partial charge in [-0.1, -0.05) is 18.2 Å². The van der Waals surface area contributed by atoms with Crippen LogP contribution in [-0.4, -0.2) is 23.4 Å². The van der Waals surface area contributed by atoms with E-state index in [0.29, 0.717) is 12.8 Å². The van der Waals surface area contributed by atoms with Gasteiger partial charge in [0.1, 0.15) is 5.75 Å². The molecule has 1 aliphatic rings. The molecule has 0 spiro atoms. The van der Waals surface area contributed by atoms with Gasteiger partial charge in [0, 0.05) is 18.4 Å². The smallest absolute Gasteiger partial charge is 0.125 e. The van der Waals surface area contributed by atoms with Crippen LogP contribution in [-0.2, 0) is 10.3 Å². The molecule has 0 radical (unpaired) electrons. The summed E-state index contributed by atoms with van der Waals surface area (Å²) in [7, 11) is 0. The molecule has 1 N–H and O–H groups in total. The van der Waals surface area contributed by atoms with Crippen molar-refractivity contribution in [1.82, 2.24) is 0 Å². The molecule has 1 fully saturated rings. The third-order valence-corrected chi connectivity index (χ3v) is 3.47. The predicted octanol–water partition coefficient (Wildman–Crippen LogP) is 3.25. The van der Waals surface area contributed by atoms with Crippen molar-refractivity contribution in [2.45, 2.75) is 64.4 Å². The molecule has 0 bridgehead atoms. The van der Waals surface area contributed by atoms with Gasteiger partial charge in [0.25, 0.3) is 0 Å². The van der Waals surface area contributed by atoms with E-state index in [9.17, 15) is 5.11 Å². The molecule has 1 saturated heterocycles. The fourth-order valence-corrected chi connectivity index (χ4v) is 2.95. The Hall–Kier alpha value is -1.06. The molecule has 1 aromatic carbocycles. The maximum atomic E-state index is 11.0. The summed E-state index contributed by atoms with van der Waals surface area (Å²) in [6, 6.07) is 7.78. The second-order valence-electron chi connectivity index (χ2n) is 5.86. The highest BCUT2D eigenvalue weighted by atomic mass is 16.5. The van der Waals surface area contributed by atoms with Gasteiger partial charge in [-0.15, -0.1) is 0 Å². The lowest BCUT2D eigenvalue weighted by atomic mass is 9.81. The average molecular weight is 264 g/mol. The molecule has 106 valence electrons. The number of aliphatic hydroxyl groups is 1.